The Kier molecular flexibility index (Phi) is 3.29. The number of anilines is 2. The largest absolute Gasteiger partial charge is 0.399 e. The molecule has 0 radical (unpaired) electrons. The second-order valence-corrected chi connectivity index (χ2v) is 4.98. The van der Waals surface area contributed by atoms with Crippen LogP contribution in [0.5, 0.6) is 0 Å². The average molecular weight is 260 g/mol. The predicted molar refractivity (Wildman–Crippen MR) is 77.4 cm³/mol. The van der Waals surface area contributed by atoms with Gasteiger partial charge in [-0.15, -0.1) is 0 Å². The molecule has 0 bridgehead atoms. The molecule has 1 aliphatic heterocycles. The summed E-state index contributed by atoms with van der Waals surface area (Å²) < 4.78 is 5.67. The van der Waals surface area contributed by atoms with Gasteiger partial charge in [0, 0.05) is 25.4 Å². The van der Waals surface area contributed by atoms with Gasteiger partial charge in [0.15, 0.2) is 0 Å². The highest BCUT2D eigenvalue weighted by atomic mass is 16.5. The van der Waals surface area contributed by atoms with Crippen molar-refractivity contribution >= 4 is 22.7 Å². The number of hydrogen-bond donors (Lipinski definition) is 2. The van der Waals surface area contributed by atoms with Crippen LogP contribution in [0.25, 0.3) is 11.0 Å². The molecule has 5 nitrogen and oxygen atoms in total. The van der Waals surface area contributed by atoms with Gasteiger partial charge in [-0.1, -0.05) is 0 Å². The number of nitrogens with two attached hydrogens (primary N) is 1. The van der Waals surface area contributed by atoms with Crippen LogP contribution in [0.15, 0.2) is 18.2 Å². The Labute approximate surface area is 112 Å². The first kappa shape index (κ1) is 12.3. The van der Waals surface area contributed by atoms with Gasteiger partial charge in [0.2, 0.25) is 5.95 Å². The molecule has 0 amide bonds. The molecule has 0 unspecified atom stereocenters. The van der Waals surface area contributed by atoms with Crippen molar-refractivity contribution in [3.63, 3.8) is 0 Å². The summed E-state index contributed by atoms with van der Waals surface area (Å²) in [6.07, 6.45) is 2.53. The Hall–Kier alpha value is -1.75. The van der Waals surface area contributed by atoms with Gasteiger partial charge in [-0.3, -0.25) is 0 Å². The van der Waals surface area contributed by atoms with E-state index >= 15 is 0 Å². The summed E-state index contributed by atoms with van der Waals surface area (Å²) in [6, 6.07) is 5.77. The summed E-state index contributed by atoms with van der Waals surface area (Å²) in [5.74, 6) is 0.940. The van der Waals surface area contributed by atoms with Crippen molar-refractivity contribution in [2.24, 2.45) is 0 Å². The molecule has 0 aliphatic carbocycles. The molecule has 3 N–H and O–H groups in total. The summed E-state index contributed by atoms with van der Waals surface area (Å²) in [7, 11) is 0. The number of piperidine rings is 1. The van der Waals surface area contributed by atoms with E-state index in [0.29, 0.717) is 6.10 Å². The van der Waals surface area contributed by atoms with Crippen LogP contribution in [0, 0.1) is 0 Å². The quantitative estimate of drug-likeness (QED) is 0.830. The summed E-state index contributed by atoms with van der Waals surface area (Å²) in [6.45, 7) is 4.82. The third-order valence-corrected chi connectivity index (χ3v) is 3.64. The maximum Gasteiger partial charge on any atom is 0.203 e. The topological polar surface area (TPSA) is 67.2 Å². The zero-order valence-corrected chi connectivity index (χ0v) is 11.2. The number of imidazole rings is 1. The predicted octanol–water partition coefficient (Wildman–Crippen LogP) is 2.15. The fraction of sp³-hybridized carbons (Fsp3) is 0.500. The Morgan fingerprint density at radius 1 is 1.42 bits per heavy atom. The Morgan fingerprint density at radius 2 is 2.21 bits per heavy atom. The number of H-pyrrole nitrogens is 1. The number of benzene rings is 1. The van der Waals surface area contributed by atoms with E-state index in [1.54, 1.807) is 0 Å². The first-order valence-corrected chi connectivity index (χ1v) is 6.88. The van der Waals surface area contributed by atoms with Gasteiger partial charge >= 0.3 is 0 Å². The molecule has 19 heavy (non-hydrogen) atoms. The van der Waals surface area contributed by atoms with E-state index < -0.39 is 0 Å². The number of nitrogens with zero attached hydrogens (tertiary/aromatic N) is 2. The lowest BCUT2D eigenvalue weighted by molar-refractivity contribution is 0.0457. The minimum Gasteiger partial charge on any atom is -0.399 e. The van der Waals surface area contributed by atoms with Gasteiger partial charge in [-0.05, 0) is 38.0 Å². The van der Waals surface area contributed by atoms with Gasteiger partial charge in [0.1, 0.15) is 0 Å². The highest BCUT2D eigenvalue weighted by molar-refractivity contribution is 5.80. The van der Waals surface area contributed by atoms with Crippen molar-refractivity contribution in [2.75, 3.05) is 30.3 Å². The molecular formula is C14H20N4O. The van der Waals surface area contributed by atoms with Crippen molar-refractivity contribution in [1.82, 2.24) is 9.97 Å². The van der Waals surface area contributed by atoms with E-state index in [1.807, 2.05) is 18.2 Å². The van der Waals surface area contributed by atoms with Crippen molar-refractivity contribution in [2.45, 2.75) is 25.9 Å². The first-order valence-electron chi connectivity index (χ1n) is 6.88. The fourth-order valence-electron chi connectivity index (χ4n) is 2.63. The molecule has 2 aromatic rings. The Morgan fingerprint density at radius 3 is 2.95 bits per heavy atom. The lowest BCUT2D eigenvalue weighted by atomic mass is 10.1. The molecular weight excluding hydrogens is 240 g/mol. The molecule has 1 aliphatic rings. The molecule has 0 spiro atoms. The lowest BCUT2D eigenvalue weighted by Crippen LogP contribution is -2.37. The highest BCUT2D eigenvalue weighted by Gasteiger charge is 2.21. The third-order valence-electron chi connectivity index (χ3n) is 3.64. The van der Waals surface area contributed by atoms with Crippen molar-refractivity contribution in [3.05, 3.63) is 18.2 Å². The molecule has 2 heterocycles. The third kappa shape index (κ3) is 2.51. The number of hydrogen-bond acceptors (Lipinski definition) is 4. The van der Waals surface area contributed by atoms with Crippen molar-refractivity contribution < 1.29 is 4.74 Å². The number of ether oxygens (including phenoxy) is 1. The van der Waals surface area contributed by atoms with Crippen LogP contribution in [0.3, 0.4) is 0 Å². The van der Waals surface area contributed by atoms with E-state index in [4.69, 9.17) is 10.5 Å². The van der Waals surface area contributed by atoms with E-state index in [-0.39, 0.29) is 0 Å². The van der Waals surface area contributed by atoms with Gasteiger partial charge in [0.05, 0.1) is 17.1 Å². The standard InChI is InChI=1S/C14H20N4O/c1-2-19-11-5-7-18(8-6-11)14-16-12-4-3-10(15)9-13(12)17-14/h3-4,9,11H,2,5-8,15H2,1H3,(H,16,17). The normalized spacial score (nSPS) is 17.2. The molecule has 5 heteroatoms. The number of nitrogens with one attached hydrogen (secondary N) is 1. The summed E-state index contributed by atoms with van der Waals surface area (Å²) in [5, 5.41) is 0. The smallest absolute Gasteiger partial charge is 0.203 e. The minimum atomic E-state index is 0.404. The van der Waals surface area contributed by atoms with Crippen LogP contribution >= 0.6 is 0 Å². The van der Waals surface area contributed by atoms with E-state index in [9.17, 15) is 0 Å². The van der Waals surface area contributed by atoms with Gasteiger partial charge in [-0.2, -0.15) is 0 Å². The molecule has 1 fully saturated rings. The van der Waals surface area contributed by atoms with Crippen LogP contribution < -0.4 is 10.6 Å². The van der Waals surface area contributed by atoms with Crippen molar-refractivity contribution in [1.29, 1.82) is 0 Å². The number of aromatic nitrogens is 2. The van der Waals surface area contributed by atoms with Gasteiger partial charge in [0.25, 0.3) is 0 Å². The lowest BCUT2D eigenvalue weighted by Gasteiger charge is -2.31. The van der Waals surface area contributed by atoms with Crippen LogP contribution in [-0.2, 0) is 4.74 Å². The molecule has 102 valence electrons. The number of rotatable bonds is 3. The number of aromatic amines is 1. The molecule has 0 saturated carbocycles. The second-order valence-electron chi connectivity index (χ2n) is 4.98. The average Bonchev–Trinajstić information content (AvgIpc) is 2.83. The first-order chi connectivity index (χ1) is 9.26. The van der Waals surface area contributed by atoms with Crippen molar-refractivity contribution in [3.8, 4) is 0 Å². The SMILES string of the molecule is CCOC1CCN(c2nc3ccc(N)cc3[nH]2)CC1. The highest BCUT2D eigenvalue weighted by Crippen LogP contribution is 2.23. The van der Waals surface area contributed by atoms with Crippen LogP contribution in [0.4, 0.5) is 11.6 Å². The summed E-state index contributed by atoms with van der Waals surface area (Å²) in [5.41, 5.74) is 8.52. The van der Waals surface area contributed by atoms with Crippen LogP contribution in [0.1, 0.15) is 19.8 Å². The Bertz CT molecular complexity index is 558. The van der Waals surface area contributed by atoms with Gasteiger partial charge in [-0.25, -0.2) is 4.98 Å². The minimum absolute atomic E-state index is 0.404. The molecule has 1 saturated heterocycles. The van der Waals surface area contributed by atoms with Crippen LogP contribution in [0.2, 0.25) is 0 Å². The van der Waals surface area contributed by atoms with Crippen LogP contribution in [-0.4, -0.2) is 35.8 Å². The second kappa shape index (κ2) is 5.09. The number of nitrogen functional groups attached to an aromatic ring is 1. The molecule has 1 aromatic carbocycles. The maximum atomic E-state index is 5.79. The van der Waals surface area contributed by atoms with E-state index in [2.05, 4.69) is 21.8 Å². The maximum absolute atomic E-state index is 5.79. The number of fused-ring (bicyclic) bond motifs is 1. The zero-order valence-electron chi connectivity index (χ0n) is 11.2. The fourth-order valence-corrected chi connectivity index (χ4v) is 2.63. The molecule has 1 aromatic heterocycles. The van der Waals surface area contributed by atoms with E-state index in [1.165, 1.54) is 0 Å². The van der Waals surface area contributed by atoms with Gasteiger partial charge < -0.3 is 20.4 Å². The summed E-state index contributed by atoms with van der Waals surface area (Å²) >= 11 is 0. The summed E-state index contributed by atoms with van der Waals surface area (Å²) in [4.78, 5) is 10.3. The Balaban J connectivity index is 1.74. The molecule has 3 rings (SSSR count). The zero-order chi connectivity index (χ0) is 13.2. The van der Waals surface area contributed by atoms with E-state index in [0.717, 1.165) is 55.2 Å². The monoisotopic (exact) mass is 260 g/mol. The molecule has 0 atom stereocenters.